The van der Waals surface area contributed by atoms with Gasteiger partial charge in [-0.15, -0.1) is 10.2 Å². The van der Waals surface area contributed by atoms with E-state index in [1.807, 2.05) is 18.2 Å². The van der Waals surface area contributed by atoms with Crippen LogP contribution in [0.25, 0.3) is 22.6 Å². The number of benzene rings is 1. The number of ether oxygens (including phenoxy) is 1. The third-order valence-corrected chi connectivity index (χ3v) is 4.47. The van der Waals surface area contributed by atoms with Crippen LogP contribution in [0.3, 0.4) is 0 Å². The number of tetrazole rings is 1. The summed E-state index contributed by atoms with van der Waals surface area (Å²) in [5, 5.41) is 14.3. The number of allylic oxidation sites excluding steroid dienone is 2. The lowest BCUT2D eigenvalue weighted by molar-refractivity contribution is 0.172. The maximum atomic E-state index is 14.6. The van der Waals surface area contributed by atoms with Crippen LogP contribution in [0, 0.1) is 5.82 Å². The van der Waals surface area contributed by atoms with Crippen molar-refractivity contribution in [1.82, 2.24) is 25.2 Å². The zero-order valence-electron chi connectivity index (χ0n) is 16.2. The average molecular weight is 406 g/mol. The molecule has 0 spiro atoms. The van der Waals surface area contributed by atoms with Crippen molar-refractivity contribution < 1.29 is 13.9 Å². The van der Waals surface area contributed by atoms with Crippen LogP contribution in [0.2, 0.25) is 0 Å². The van der Waals surface area contributed by atoms with E-state index in [9.17, 15) is 9.18 Å². The zero-order valence-corrected chi connectivity index (χ0v) is 16.2. The van der Waals surface area contributed by atoms with Crippen LogP contribution >= 0.6 is 0 Å². The SMILES string of the molecule is Cn1nnc(-c2ccc(-c3ccc(NC(=O)OCC4=CCCC=C4)cc3F)cn2)n1. The Labute approximate surface area is 172 Å². The number of pyridine rings is 1. The van der Waals surface area contributed by atoms with Gasteiger partial charge in [-0.05, 0) is 47.9 Å². The normalized spacial score (nSPS) is 13.1. The minimum atomic E-state index is -0.635. The first-order valence-electron chi connectivity index (χ1n) is 9.38. The van der Waals surface area contributed by atoms with Gasteiger partial charge in [-0.3, -0.25) is 10.3 Å². The smallest absolute Gasteiger partial charge is 0.411 e. The van der Waals surface area contributed by atoms with Crippen LogP contribution in [0.15, 0.2) is 60.3 Å². The molecule has 1 aliphatic rings. The molecule has 4 rings (SSSR count). The Morgan fingerprint density at radius 3 is 2.83 bits per heavy atom. The van der Waals surface area contributed by atoms with Crippen LogP contribution in [-0.4, -0.2) is 37.9 Å². The molecule has 0 aliphatic heterocycles. The molecule has 8 nitrogen and oxygen atoms in total. The highest BCUT2D eigenvalue weighted by Gasteiger charge is 2.11. The molecule has 0 unspecified atom stereocenters. The second-order valence-corrected chi connectivity index (χ2v) is 6.69. The second kappa shape index (κ2) is 8.64. The first kappa shape index (κ1) is 19.4. The summed E-state index contributed by atoms with van der Waals surface area (Å²) in [5.74, 6) is -0.0973. The Morgan fingerprint density at radius 1 is 1.27 bits per heavy atom. The molecule has 0 atom stereocenters. The van der Waals surface area contributed by atoms with Gasteiger partial charge in [0.1, 0.15) is 18.1 Å². The summed E-state index contributed by atoms with van der Waals surface area (Å²) < 4.78 is 19.8. The summed E-state index contributed by atoms with van der Waals surface area (Å²) in [6.07, 6.45) is 8.84. The van der Waals surface area contributed by atoms with E-state index in [1.54, 1.807) is 31.3 Å². The molecule has 0 bridgehead atoms. The molecule has 0 saturated heterocycles. The molecule has 9 heteroatoms. The lowest BCUT2D eigenvalue weighted by atomic mass is 10.1. The molecule has 0 fully saturated rings. The molecule has 152 valence electrons. The van der Waals surface area contributed by atoms with Crippen LogP contribution in [0.4, 0.5) is 14.9 Å². The Balaban J connectivity index is 1.40. The Morgan fingerprint density at radius 2 is 2.17 bits per heavy atom. The summed E-state index contributed by atoms with van der Waals surface area (Å²) >= 11 is 0. The molecule has 2 aromatic heterocycles. The number of hydrogen-bond donors (Lipinski definition) is 1. The lowest BCUT2D eigenvalue weighted by Gasteiger charge is -2.10. The van der Waals surface area contributed by atoms with Crippen molar-refractivity contribution in [1.29, 1.82) is 0 Å². The van der Waals surface area contributed by atoms with Gasteiger partial charge in [0, 0.05) is 23.0 Å². The number of nitrogens with zero attached hydrogens (tertiary/aromatic N) is 5. The van der Waals surface area contributed by atoms with Crippen LogP contribution in [0.5, 0.6) is 0 Å². The van der Waals surface area contributed by atoms with E-state index < -0.39 is 11.9 Å². The highest BCUT2D eigenvalue weighted by atomic mass is 19.1. The fourth-order valence-corrected chi connectivity index (χ4v) is 2.98. The van der Waals surface area contributed by atoms with Gasteiger partial charge >= 0.3 is 6.09 Å². The number of halogens is 1. The van der Waals surface area contributed by atoms with Gasteiger partial charge in [0.15, 0.2) is 0 Å². The molecular weight excluding hydrogens is 387 g/mol. The van der Waals surface area contributed by atoms with Crippen molar-refractivity contribution in [3.05, 3.63) is 66.1 Å². The summed E-state index contributed by atoms with van der Waals surface area (Å²) in [6.45, 7) is 0.182. The number of nitrogens with one attached hydrogen (secondary N) is 1. The Kier molecular flexibility index (Phi) is 5.60. The molecule has 0 radical (unpaired) electrons. The quantitative estimate of drug-likeness (QED) is 0.690. The number of rotatable bonds is 5. The minimum absolute atomic E-state index is 0.182. The highest BCUT2D eigenvalue weighted by Crippen LogP contribution is 2.26. The summed E-state index contributed by atoms with van der Waals surface area (Å²) in [4.78, 5) is 17.6. The number of hydrogen-bond acceptors (Lipinski definition) is 6. The molecule has 1 N–H and O–H groups in total. The number of carbonyl (C=O) groups is 1. The number of amides is 1. The predicted molar refractivity (Wildman–Crippen MR) is 109 cm³/mol. The van der Waals surface area contributed by atoms with E-state index in [1.165, 1.54) is 17.1 Å². The Hall–Kier alpha value is -3.88. The van der Waals surface area contributed by atoms with Gasteiger partial charge < -0.3 is 4.74 Å². The minimum Gasteiger partial charge on any atom is -0.444 e. The van der Waals surface area contributed by atoms with Gasteiger partial charge in [0.25, 0.3) is 0 Å². The maximum absolute atomic E-state index is 14.6. The Bertz CT molecular complexity index is 1120. The second-order valence-electron chi connectivity index (χ2n) is 6.69. The standard InChI is InChI=1S/C21H19FN6O2/c1-28-26-20(25-27-28)19-10-7-15(12-23-19)17-9-8-16(11-18(17)22)24-21(29)30-13-14-5-3-2-4-6-14/h3,5-12H,2,4,13H2,1H3,(H,24,29). The van der Waals surface area contributed by atoms with E-state index in [4.69, 9.17) is 4.74 Å². The van der Waals surface area contributed by atoms with E-state index in [0.717, 1.165) is 18.4 Å². The highest BCUT2D eigenvalue weighted by molar-refractivity contribution is 5.85. The van der Waals surface area contributed by atoms with Gasteiger partial charge in [-0.25, -0.2) is 9.18 Å². The molecule has 2 heterocycles. The van der Waals surface area contributed by atoms with Crippen molar-refractivity contribution in [3.8, 4) is 22.6 Å². The van der Waals surface area contributed by atoms with Crippen LogP contribution in [-0.2, 0) is 11.8 Å². The van der Waals surface area contributed by atoms with E-state index in [2.05, 4.69) is 25.7 Å². The molecular formula is C21H19FN6O2. The topological polar surface area (TPSA) is 94.8 Å². The first-order valence-corrected chi connectivity index (χ1v) is 9.38. The van der Waals surface area contributed by atoms with Gasteiger partial charge in [-0.2, -0.15) is 4.80 Å². The summed E-state index contributed by atoms with van der Waals surface area (Å²) in [5.41, 5.74) is 2.74. The molecule has 3 aromatic rings. The van der Waals surface area contributed by atoms with Crippen molar-refractivity contribution in [3.63, 3.8) is 0 Å². The number of aryl methyl sites for hydroxylation is 1. The molecule has 30 heavy (non-hydrogen) atoms. The third kappa shape index (κ3) is 4.57. The first-order chi connectivity index (χ1) is 14.6. The van der Waals surface area contributed by atoms with Crippen LogP contribution < -0.4 is 5.32 Å². The molecule has 1 aliphatic carbocycles. The lowest BCUT2D eigenvalue weighted by Crippen LogP contribution is -2.15. The summed E-state index contributed by atoms with van der Waals surface area (Å²) in [7, 11) is 1.66. The molecule has 0 saturated carbocycles. The summed E-state index contributed by atoms with van der Waals surface area (Å²) in [6, 6.07) is 7.86. The maximum Gasteiger partial charge on any atom is 0.411 e. The third-order valence-electron chi connectivity index (χ3n) is 4.47. The number of carbonyl (C=O) groups excluding carboxylic acids is 1. The van der Waals surface area contributed by atoms with Crippen molar-refractivity contribution >= 4 is 11.8 Å². The van der Waals surface area contributed by atoms with E-state index in [0.29, 0.717) is 28.3 Å². The fraction of sp³-hybridized carbons (Fsp3) is 0.190. The average Bonchev–Trinajstić information content (AvgIpc) is 3.20. The van der Waals surface area contributed by atoms with E-state index in [-0.39, 0.29) is 6.61 Å². The van der Waals surface area contributed by atoms with Crippen molar-refractivity contribution in [2.45, 2.75) is 12.8 Å². The number of anilines is 1. The van der Waals surface area contributed by atoms with Crippen molar-refractivity contribution in [2.24, 2.45) is 7.05 Å². The van der Waals surface area contributed by atoms with Gasteiger partial charge in [0.05, 0.1) is 7.05 Å². The largest absolute Gasteiger partial charge is 0.444 e. The molecule has 1 amide bonds. The fourth-order valence-electron chi connectivity index (χ4n) is 2.98. The van der Waals surface area contributed by atoms with Crippen LogP contribution in [0.1, 0.15) is 12.8 Å². The van der Waals surface area contributed by atoms with Gasteiger partial charge in [0.2, 0.25) is 5.82 Å². The van der Waals surface area contributed by atoms with Crippen molar-refractivity contribution in [2.75, 3.05) is 11.9 Å². The number of aromatic nitrogens is 5. The predicted octanol–water partition coefficient (Wildman–Crippen LogP) is 3.90. The van der Waals surface area contributed by atoms with Gasteiger partial charge in [-0.1, -0.05) is 24.3 Å². The molecule has 1 aromatic carbocycles. The monoisotopic (exact) mass is 406 g/mol. The zero-order chi connectivity index (χ0) is 20.9. The van der Waals surface area contributed by atoms with E-state index >= 15 is 0 Å².